The first-order valence-corrected chi connectivity index (χ1v) is 10.2. The lowest BCUT2D eigenvalue weighted by atomic mass is 10.0. The van der Waals surface area contributed by atoms with Gasteiger partial charge in [-0.25, -0.2) is 13.1 Å². The van der Waals surface area contributed by atoms with Crippen molar-refractivity contribution in [3.05, 3.63) is 48.0 Å². The lowest BCUT2D eigenvalue weighted by molar-refractivity contribution is -0.120. The Hall–Kier alpha value is -2.78. The van der Waals surface area contributed by atoms with Crippen LogP contribution in [0, 0.1) is 0 Å². The van der Waals surface area contributed by atoms with E-state index in [-0.39, 0.29) is 23.2 Å². The Morgan fingerprint density at radius 1 is 1.14 bits per heavy atom. The molecule has 1 aliphatic rings. The Kier molecular flexibility index (Phi) is 6.05. The molecule has 0 saturated carbocycles. The Balaban J connectivity index is 1.64. The van der Waals surface area contributed by atoms with Crippen LogP contribution in [-0.2, 0) is 14.8 Å². The van der Waals surface area contributed by atoms with Gasteiger partial charge in [0.05, 0.1) is 38.3 Å². The van der Waals surface area contributed by atoms with Crippen LogP contribution in [0.1, 0.15) is 18.0 Å². The van der Waals surface area contributed by atoms with E-state index in [0.717, 1.165) is 11.3 Å². The van der Waals surface area contributed by atoms with Crippen LogP contribution in [0.25, 0.3) is 0 Å². The van der Waals surface area contributed by atoms with Crippen LogP contribution in [-0.4, -0.2) is 41.7 Å². The summed E-state index contributed by atoms with van der Waals surface area (Å²) in [5, 5.41) is 2.85. The van der Waals surface area contributed by atoms with E-state index in [2.05, 4.69) is 10.0 Å². The number of benzene rings is 2. The molecule has 1 amide bonds. The zero-order valence-corrected chi connectivity index (χ0v) is 16.4. The van der Waals surface area contributed by atoms with Gasteiger partial charge in [-0.3, -0.25) is 4.79 Å². The number of hydrogen-bond donors (Lipinski definition) is 2. The number of para-hydroxylation sites is 1. The van der Waals surface area contributed by atoms with Crippen LogP contribution in [0.4, 0.5) is 0 Å². The van der Waals surface area contributed by atoms with Crippen molar-refractivity contribution in [1.82, 2.24) is 10.0 Å². The molecule has 0 radical (unpaired) electrons. The highest BCUT2D eigenvalue weighted by Crippen LogP contribution is 2.31. The predicted molar refractivity (Wildman–Crippen MR) is 102 cm³/mol. The maximum Gasteiger partial charge on any atom is 0.241 e. The van der Waals surface area contributed by atoms with Crippen LogP contribution in [0.2, 0.25) is 0 Å². The largest absolute Gasteiger partial charge is 0.493 e. The fraction of sp³-hybridized carbons (Fsp3) is 0.316. The second-order valence-corrected chi connectivity index (χ2v) is 7.90. The van der Waals surface area contributed by atoms with Gasteiger partial charge in [-0.15, -0.1) is 0 Å². The number of ether oxygens (including phenoxy) is 3. The highest BCUT2D eigenvalue weighted by Gasteiger charge is 2.24. The lowest BCUT2D eigenvalue weighted by Gasteiger charge is -2.26. The van der Waals surface area contributed by atoms with E-state index in [0.29, 0.717) is 18.8 Å². The normalized spacial score (nSPS) is 15.9. The molecule has 3 rings (SSSR count). The Morgan fingerprint density at radius 3 is 2.64 bits per heavy atom. The molecule has 1 heterocycles. The fourth-order valence-corrected chi connectivity index (χ4v) is 3.96. The molecule has 1 atom stereocenters. The van der Waals surface area contributed by atoms with Gasteiger partial charge < -0.3 is 19.5 Å². The van der Waals surface area contributed by atoms with Crippen molar-refractivity contribution in [3.8, 4) is 17.2 Å². The number of amides is 1. The van der Waals surface area contributed by atoms with Crippen LogP contribution in [0.15, 0.2) is 47.4 Å². The number of rotatable bonds is 7. The van der Waals surface area contributed by atoms with Crippen molar-refractivity contribution in [3.63, 3.8) is 0 Å². The Bertz CT molecular complexity index is 961. The molecule has 2 aromatic rings. The quantitative estimate of drug-likeness (QED) is 0.724. The molecule has 150 valence electrons. The van der Waals surface area contributed by atoms with Crippen molar-refractivity contribution in [2.45, 2.75) is 17.4 Å². The minimum Gasteiger partial charge on any atom is -0.493 e. The fourth-order valence-electron chi connectivity index (χ4n) is 2.96. The summed E-state index contributed by atoms with van der Waals surface area (Å²) in [5.74, 6) is 1.00. The summed E-state index contributed by atoms with van der Waals surface area (Å²) in [7, 11) is -1.01. The molecule has 0 bridgehead atoms. The van der Waals surface area contributed by atoms with Gasteiger partial charge >= 0.3 is 0 Å². The highest BCUT2D eigenvalue weighted by atomic mass is 32.2. The van der Waals surface area contributed by atoms with E-state index >= 15 is 0 Å². The van der Waals surface area contributed by atoms with Crippen LogP contribution < -0.4 is 24.2 Å². The molecule has 0 fully saturated rings. The third kappa shape index (κ3) is 4.37. The summed E-state index contributed by atoms with van der Waals surface area (Å²) in [6, 6.07) is 11.5. The summed E-state index contributed by atoms with van der Waals surface area (Å²) in [5.41, 5.74) is 0.879. The minimum absolute atomic E-state index is 0.0191. The van der Waals surface area contributed by atoms with Crippen LogP contribution in [0.3, 0.4) is 0 Å². The molecule has 0 aliphatic carbocycles. The molecule has 9 heteroatoms. The van der Waals surface area contributed by atoms with E-state index in [9.17, 15) is 13.2 Å². The number of hydrogen-bond acceptors (Lipinski definition) is 6. The third-order valence-electron chi connectivity index (χ3n) is 4.38. The number of carbonyl (C=O) groups excluding carboxylic acids is 1. The molecule has 1 aliphatic heterocycles. The second-order valence-electron chi connectivity index (χ2n) is 6.14. The summed E-state index contributed by atoms with van der Waals surface area (Å²) in [6.45, 7) is 0.107. The highest BCUT2D eigenvalue weighted by molar-refractivity contribution is 7.89. The van der Waals surface area contributed by atoms with Gasteiger partial charge in [-0.05, 0) is 18.2 Å². The zero-order valence-electron chi connectivity index (χ0n) is 15.6. The number of methoxy groups -OCH3 is 2. The van der Waals surface area contributed by atoms with E-state index in [1.807, 2.05) is 24.3 Å². The van der Waals surface area contributed by atoms with Gasteiger partial charge in [0.15, 0.2) is 11.5 Å². The smallest absolute Gasteiger partial charge is 0.241 e. The summed E-state index contributed by atoms with van der Waals surface area (Å²) in [4.78, 5) is 12.3. The first kappa shape index (κ1) is 20.0. The minimum atomic E-state index is -3.89. The molecule has 2 N–H and O–H groups in total. The summed E-state index contributed by atoms with van der Waals surface area (Å²) < 4.78 is 43.1. The molecule has 0 saturated heterocycles. The second kappa shape index (κ2) is 8.49. The first-order valence-electron chi connectivity index (χ1n) is 8.67. The number of nitrogens with one attached hydrogen (secondary N) is 2. The van der Waals surface area contributed by atoms with Crippen molar-refractivity contribution in [2.24, 2.45) is 0 Å². The average Bonchev–Trinajstić information content (AvgIpc) is 2.72. The summed E-state index contributed by atoms with van der Waals surface area (Å²) >= 11 is 0. The number of fused-ring (bicyclic) bond motifs is 1. The van der Waals surface area contributed by atoms with Gasteiger partial charge in [0.25, 0.3) is 0 Å². The molecular weight excluding hydrogens is 384 g/mol. The van der Waals surface area contributed by atoms with Crippen molar-refractivity contribution in [2.75, 3.05) is 27.4 Å². The van der Waals surface area contributed by atoms with Crippen molar-refractivity contribution < 1.29 is 27.4 Å². The van der Waals surface area contributed by atoms with Gasteiger partial charge in [-0.2, -0.15) is 0 Å². The molecular formula is C19H22N2O6S. The van der Waals surface area contributed by atoms with Crippen LogP contribution in [0.5, 0.6) is 17.2 Å². The maximum atomic E-state index is 12.5. The van der Waals surface area contributed by atoms with E-state index < -0.39 is 15.9 Å². The standard InChI is InChI=1S/C19H22N2O6S/c1-25-17-8-7-13(11-18(17)26-2)28(23,24)20-12-19(22)21-15-9-10-27-16-6-4-3-5-14(15)16/h3-8,11,15,20H,9-10,12H2,1-2H3,(H,21,22)/t15-/m1/s1. The molecule has 0 aromatic heterocycles. The lowest BCUT2D eigenvalue weighted by Crippen LogP contribution is -2.39. The zero-order chi connectivity index (χ0) is 20.1. The predicted octanol–water partition coefficient (Wildman–Crippen LogP) is 1.62. The van der Waals surface area contributed by atoms with Crippen LogP contribution >= 0.6 is 0 Å². The van der Waals surface area contributed by atoms with Crippen molar-refractivity contribution in [1.29, 1.82) is 0 Å². The van der Waals surface area contributed by atoms with E-state index in [4.69, 9.17) is 14.2 Å². The third-order valence-corrected chi connectivity index (χ3v) is 5.78. The van der Waals surface area contributed by atoms with Gasteiger partial charge in [0, 0.05) is 18.1 Å². The number of sulfonamides is 1. The molecule has 8 nitrogen and oxygen atoms in total. The van der Waals surface area contributed by atoms with Gasteiger partial charge in [0.1, 0.15) is 5.75 Å². The molecule has 28 heavy (non-hydrogen) atoms. The maximum absolute atomic E-state index is 12.5. The van der Waals surface area contributed by atoms with E-state index in [1.54, 1.807) is 0 Å². The van der Waals surface area contributed by atoms with Crippen molar-refractivity contribution >= 4 is 15.9 Å². The Morgan fingerprint density at radius 2 is 1.89 bits per heavy atom. The summed E-state index contributed by atoms with van der Waals surface area (Å²) in [6.07, 6.45) is 0.616. The van der Waals surface area contributed by atoms with Gasteiger partial charge in [-0.1, -0.05) is 18.2 Å². The molecule has 0 unspecified atom stereocenters. The number of carbonyl (C=O) groups is 1. The Labute approximate surface area is 163 Å². The van der Waals surface area contributed by atoms with Gasteiger partial charge in [0.2, 0.25) is 15.9 Å². The average molecular weight is 406 g/mol. The molecule has 0 spiro atoms. The van der Waals surface area contributed by atoms with E-state index in [1.165, 1.54) is 32.4 Å². The molecule has 2 aromatic carbocycles. The monoisotopic (exact) mass is 406 g/mol. The topological polar surface area (TPSA) is 103 Å². The first-order chi connectivity index (χ1) is 13.4. The SMILES string of the molecule is COc1ccc(S(=O)(=O)NCC(=O)N[C@@H]2CCOc3ccccc32)cc1OC.